The van der Waals surface area contributed by atoms with Crippen LogP contribution in [0.2, 0.25) is 0 Å². The third kappa shape index (κ3) is 3.86. The number of carboxylic acid groups (broad SMARTS) is 1. The van der Waals surface area contributed by atoms with Crippen LogP contribution in [0.3, 0.4) is 0 Å². The smallest absolute Gasteiger partial charge is 0.311 e. The van der Waals surface area contributed by atoms with Gasteiger partial charge in [0.05, 0.1) is 5.41 Å². The van der Waals surface area contributed by atoms with E-state index in [1.165, 1.54) is 6.07 Å². The first-order valence-corrected chi connectivity index (χ1v) is 9.05. The molecular formula is C20H23FN2O4. The highest BCUT2D eigenvalue weighted by Gasteiger charge is 2.45. The van der Waals surface area contributed by atoms with E-state index in [0.717, 1.165) is 0 Å². The summed E-state index contributed by atoms with van der Waals surface area (Å²) in [5.74, 6) is -1.25. The van der Waals surface area contributed by atoms with Crippen molar-refractivity contribution in [2.45, 2.75) is 33.1 Å². The largest absolute Gasteiger partial charge is 0.481 e. The molecule has 1 aromatic heterocycles. The van der Waals surface area contributed by atoms with Gasteiger partial charge in [0.25, 0.3) is 0 Å². The van der Waals surface area contributed by atoms with Gasteiger partial charge in [0.1, 0.15) is 17.3 Å². The Hall–Kier alpha value is -2.70. The zero-order valence-corrected chi connectivity index (χ0v) is 15.4. The lowest BCUT2D eigenvalue weighted by Gasteiger charge is -2.40. The standard InChI is InChI=1S/C20H23FN2O4/c1-13(2)18(24)23-9-5-8-20(12-23,19(25)26)11-14-10-17(22-27-14)15-6-3-4-7-16(15)21/h3-4,6-7,10,13H,5,8-9,11-12H2,1-2H3,(H,25,26)/t20-/m0/s1. The van der Waals surface area contributed by atoms with Crippen LogP contribution < -0.4 is 0 Å². The van der Waals surface area contributed by atoms with E-state index in [2.05, 4.69) is 5.16 Å². The van der Waals surface area contributed by atoms with Crippen LogP contribution in [0.4, 0.5) is 4.39 Å². The van der Waals surface area contributed by atoms with Crippen molar-refractivity contribution in [3.63, 3.8) is 0 Å². The number of hydrogen-bond donors (Lipinski definition) is 1. The molecule has 6 nitrogen and oxygen atoms in total. The zero-order valence-electron chi connectivity index (χ0n) is 15.4. The first-order chi connectivity index (χ1) is 12.8. The molecule has 2 aromatic rings. The predicted molar refractivity (Wildman–Crippen MR) is 96.3 cm³/mol. The van der Waals surface area contributed by atoms with E-state index in [-0.39, 0.29) is 24.8 Å². The molecule has 144 valence electrons. The molecule has 0 radical (unpaired) electrons. The molecule has 1 fully saturated rings. The van der Waals surface area contributed by atoms with Crippen molar-refractivity contribution in [1.29, 1.82) is 0 Å². The van der Waals surface area contributed by atoms with Crippen molar-refractivity contribution in [3.8, 4) is 11.3 Å². The molecule has 1 aromatic carbocycles. The number of piperidine rings is 1. The number of likely N-dealkylation sites (tertiary alicyclic amines) is 1. The highest BCUT2D eigenvalue weighted by atomic mass is 19.1. The van der Waals surface area contributed by atoms with Gasteiger partial charge in [0, 0.05) is 37.1 Å². The van der Waals surface area contributed by atoms with Crippen molar-refractivity contribution >= 4 is 11.9 Å². The average Bonchev–Trinajstić information content (AvgIpc) is 3.09. The third-order valence-corrected chi connectivity index (χ3v) is 5.06. The summed E-state index contributed by atoms with van der Waals surface area (Å²) in [6.07, 6.45) is 1.16. The van der Waals surface area contributed by atoms with Gasteiger partial charge in [-0.05, 0) is 25.0 Å². The van der Waals surface area contributed by atoms with Crippen LogP contribution in [-0.2, 0) is 16.0 Å². The minimum Gasteiger partial charge on any atom is -0.481 e. The molecule has 2 heterocycles. The van der Waals surface area contributed by atoms with Gasteiger partial charge in [-0.15, -0.1) is 0 Å². The molecule has 27 heavy (non-hydrogen) atoms. The minimum atomic E-state index is -1.13. The molecular weight excluding hydrogens is 351 g/mol. The molecule has 1 saturated heterocycles. The Morgan fingerprint density at radius 1 is 1.37 bits per heavy atom. The number of benzene rings is 1. The second kappa shape index (κ2) is 7.50. The molecule has 1 aliphatic rings. The Kier molecular flexibility index (Phi) is 5.30. The van der Waals surface area contributed by atoms with Crippen LogP contribution in [0, 0.1) is 17.2 Å². The molecule has 0 aliphatic carbocycles. The number of aromatic nitrogens is 1. The molecule has 0 saturated carbocycles. The lowest BCUT2D eigenvalue weighted by Crippen LogP contribution is -2.51. The molecule has 0 bridgehead atoms. The topological polar surface area (TPSA) is 83.6 Å². The van der Waals surface area contributed by atoms with Gasteiger partial charge in [0.2, 0.25) is 5.91 Å². The summed E-state index contributed by atoms with van der Waals surface area (Å²) in [6.45, 7) is 4.30. The van der Waals surface area contributed by atoms with Crippen LogP contribution in [0.15, 0.2) is 34.9 Å². The molecule has 0 spiro atoms. The van der Waals surface area contributed by atoms with Crippen LogP contribution >= 0.6 is 0 Å². The van der Waals surface area contributed by atoms with Gasteiger partial charge in [-0.25, -0.2) is 4.39 Å². The molecule has 3 rings (SSSR count). The Balaban J connectivity index is 1.84. The highest BCUT2D eigenvalue weighted by Crippen LogP contribution is 2.36. The highest BCUT2D eigenvalue weighted by molar-refractivity contribution is 5.81. The summed E-state index contributed by atoms with van der Waals surface area (Å²) >= 11 is 0. The van der Waals surface area contributed by atoms with E-state index in [1.807, 2.05) is 0 Å². The number of nitrogens with zero attached hydrogens (tertiary/aromatic N) is 2. The quantitative estimate of drug-likeness (QED) is 0.867. The van der Waals surface area contributed by atoms with E-state index in [0.29, 0.717) is 36.4 Å². The maximum Gasteiger partial charge on any atom is 0.311 e. The summed E-state index contributed by atoms with van der Waals surface area (Å²) in [7, 11) is 0. The number of carbonyl (C=O) groups is 2. The van der Waals surface area contributed by atoms with Gasteiger partial charge in [-0.1, -0.05) is 31.1 Å². The SMILES string of the molecule is CC(C)C(=O)N1CCC[C@@](Cc2cc(-c3ccccc3F)no2)(C(=O)O)C1. The average molecular weight is 374 g/mol. The van der Waals surface area contributed by atoms with Crippen LogP contribution in [0.5, 0.6) is 0 Å². The molecule has 1 atom stereocenters. The van der Waals surface area contributed by atoms with Crippen LogP contribution in [0.25, 0.3) is 11.3 Å². The Morgan fingerprint density at radius 3 is 2.78 bits per heavy atom. The molecule has 1 aliphatic heterocycles. The van der Waals surface area contributed by atoms with Crippen LogP contribution in [-0.4, -0.2) is 40.1 Å². The summed E-state index contributed by atoms with van der Waals surface area (Å²) < 4.78 is 19.3. The first kappa shape index (κ1) is 19.1. The van der Waals surface area contributed by atoms with Crippen molar-refractivity contribution in [1.82, 2.24) is 10.1 Å². The molecule has 0 unspecified atom stereocenters. The monoisotopic (exact) mass is 374 g/mol. The Labute approximate surface area is 157 Å². The maximum absolute atomic E-state index is 13.9. The Bertz CT molecular complexity index is 848. The summed E-state index contributed by atoms with van der Waals surface area (Å²) in [5, 5.41) is 13.8. The van der Waals surface area contributed by atoms with E-state index in [1.54, 1.807) is 43.0 Å². The Morgan fingerprint density at radius 2 is 2.11 bits per heavy atom. The summed E-state index contributed by atoms with van der Waals surface area (Å²) in [4.78, 5) is 26.1. The van der Waals surface area contributed by atoms with E-state index >= 15 is 0 Å². The zero-order chi connectivity index (χ0) is 19.6. The predicted octanol–water partition coefficient (Wildman–Crippen LogP) is 3.37. The molecule has 1 amide bonds. The number of carboxylic acids is 1. The summed E-state index contributed by atoms with van der Waals surface area (Å²) in [6, 6.07) is 7.78. The first-order valence-electron chi connectivity index (χ1n) is 9.05. The number of amides is 1. The van der Waals surface area contributed by atoms with Crippen molar-refractivity contribution in [2.75, 3.05) is 13.1 Å². The van der Waals surface area contributed by atoms with Gasteiger partial charge in [-0.2, -0.15) is 0 Å². The van der Waals surface area contributed by atoms with Crippen molar-refractivity contribution in [2.24, 2.45) is 11.3 Å². The van der Waals surface area contributed by atoms with Gasteiger partial charge in [-0.3, -0.25) is 9.59 Å². The van der Waals surface area contributed by atoms with E-state index in [9.17, 15) is 19.1 Å². The molecule has 1 N–H and O–H groups in total. The lowest BCUT2D eigenvalue weighted by atomic mass is 9.76. The number of carbonyl (C=O) groups excluding carboxylic acids is 1. The number of rotatable bonds is 5. The number of hydrogen-bond acceptors (Lipinski definition) is 4. The number of aliphatic carboxylic acids is 1. The minimum absolute atomic E-state index is 0.0510. The third-order valence-electron chi connectivity index (χ3n) is 5.06. The maximum atomic E-state index is 13.9. The van der Waals surface area contributed by atoms with E-state index in [4.69, 9.17) is 4.52 Å². The van der Waals surface area contributed by atoms with Crippen molar-refractivity contribution < 1.29 is 23.6 Å². The second-order valence-electron chi connectivity index (χ2n) is 7.44. The van der Waals surface area contributed by atoms with Crippen molar-refractivity contribution in [3.05, 3.63) is 41.9 Å². The summed E-state index contributed by atoms with van der Waals surface area (Å²) in [5.41, 5.74) is -0.499. The van der Waals surface area contributed by atoms with Crippen LogP contribution in [0.1, 0.15) is 32.4 Å². The lowest BCUT2D eigenvalue weighted by molar-refractivity contribution is -0.156. The van der Waals surface area contributed by atoms with E-state index < -0.39 is 17.2 Å². The number of halogens is 1. The van der Waals surface area contributed by atoms with Gasteiger partial charge >= 0.3 is 5.97 Å². The second-order valence-corrected chi connectivity index (χ2v) is 7.44. The fraction of sp³-hybridized carbons (Fsp3) is 0.450. The fourth-order valence-electron chi connectivity index (χ4n) is 3.61. The van der Waals surface area contributed by atoms with Gasteiger partial charge < -0.3 is 14.5 Å². The normalized spacial score (nSPS) is 20.1. The fourth-order valence-corrected chi connectivity index (χ4v) is 3.61. The molecule has 7 heteroatoms. The van der Waals surface area contributed by atoms with Gasteiger partial charge in [0.15, 0.2) is 0 Å².